The van der Waals surface area contributed by atoms with E-state index in [2.05, 4.69) is 65.1 Å². The summed E-state index contributed by atoms with van der Waals surface area (Å²) in [6, 6.07) is 0. The Morgan fingerprint density at radius 1 is 0.808 bits per heavy atom. The summed E-state index contributed by atoms with van der Waals surface area (Å²) in [7, 11) is 0.750. The summed E-state index contributed by atoms with van der Waals surface area (Å²) in [6.45, 7) is 13.2. The normalized spacial score (nSPS) is 13.8. The number of hydrogen-bond donors (Lipinski definition) is 0. The van der Waals surface area contributed by atoms with E-state index in [1.54, 1.807) is 11.1 Å². The van der Waals surface area contributed by atoms with Crippen molar-refractivity contribution in [1.29, 1.82) is 0 Å². The summed E-state index contributed by atoms with van der Waals surface area (Å²) in [5, 5.41) is 0. The molecule has 0 bridgehead atoms. The second-order valence-electron chi connectivity index (χ2n) is 6.59. The summed E-state index contributed by atoms with van der Waals surface area (Å²) < 4.78 is 0. The summed E-state index contributed by atoms with van der Waals surface area (Å²) in [5.41, 5.74) is 5.93. The molecule has 0 aromatic carbocycles. The van der Waals surface area contributed by atoms with Crippen molar-refractivity contribution < 1.29 is 60.2 Å². The maximum absolute atomic E-state index is 3.23. The van der Waals surface area contributed by atoms with Crippen molar-refractivity contribution in [2.24, 2.45) is 0 Å². The fraction of sp³-hybridized carbons (Fsp3) is 0.636. The predicted molar refractivity (Wildman–Crippen MR) is 108 cm³/mol. The van der Waals surface area contributed by atoms with Gasteiger partial charge >= 0.3 is 26.2 Å². The van der Waals surface area contributed by atoms with Crippen molar-refractivity contribution >= 4 is 9.52 Å². The van der Waals surface area contributed by atoms with Crippen LogP contribution in [-0.4, -0.2) is 9.52 Å². The molecule has 0 saturated heterocycles. The van der Waals surface area contributed by atoms with E-state index in [0.29, 0.717) is 0 Å². The van der Waals surface area contributed by atoms with Gasteiger partial charge in [-0.3, -0.25) is 12.2 Å². The Morgan fingerprint density at radius 2 is 1.12 bits per heavy atom. The molecule has 4 heteroatoms. The summed E-state index contributed by atoms with van der Waals surface area (Å²) in [4.78, 5) is 0. The fourth-order valence-electron chi connectivity index (χ4n) is 2.46. The van der Waals surface area contributed by atoms with Gasteiger partial charge in [0, 0.05) is 9.52 Å². The minimum Gasteiger partial charge on any atom is -1.00 e. The maximum atomic E-state index is 3.23. The molecule has 0 atom stereocenters. The van der Waals surface area contributed by atoms with Crippen LogP contribution in [0.1, 0.15) is 79.1 Å². The molecule has 2 aliphatic carbocycles. The van der Waals surface area contributed by atoms with Crippen LogP contribution >= 0.6 is 0 Å². The van der Waals surface area contributed by atoms with Crippen LogP contribution in [0.4, 0.5) is 0 Å². The van der Waals surface area contributed by atoms with Crippen molar-refractivity contribution in [2.75, 3.05) is 0 Å². The third kappa shape index (κ3) is 19.8. The third-order valence-electron chi connectivity index (χ3n) is 3.73. The van der Waals surface area contributed by atoms with E-state index < -0.39 is 0 Å². The second kappa shape index (κ2) is 24.1. The molecule has 26 heavy (non-hydrogen) atoms. The van der Waals surface area contributed by atoms with E-state index in [-0.39, 0.29) is 60.2 Å². The van der Waals surface area contributed by atoms with Crippen LogP contribution in [0.25, 0.3) is 0 Å². The van der Waals surface area contributed by atoms with Crippen molar-refractivity contribution in [1.82, 2.24) is 0 Å². The second-order valence-corrected chi connectivity index (χ2v) is 7.75. The summed E-state index contributed by atoms with van der Waals surface area (Å²) >= 11 is 0. The quantitative estimate of drug-likeness (QED) is 0.326. The van der Waals surface area contributed by atoms with Gasteiger partial charge in [-0.15, -0.1) is 0 Å². The molecule has 2 rings (SSSR count). The molecular weight excluding hydrogens is 543 g/mol. The average molecular weight is 581 g/mol. The molecule has 0 spiro atoms. The Kier molecular flexibility index (Phi) is 31.9. The van der Waals surface area contributed by atoms with Gasteiger partial charge in [0.05, 0.1) is 0 Å². The van der Waals surface area contributed by atoms with Gasteiger partial charge in [-0.25, -0.2) is 23.3 Å². The SMILES string of the molecule is CCCCC1=C[C-]=C(C)C1.CCCCC1=C[C-]=C(C)C1.C[SiH]C.[Br-].[Br-].[Zr+4]. The smallest absolute Gasteiger partial charge is 1.00 e. The van der Waals surface area contributed by atoms with Gasteiger partial charge in [0.25, 0.3) is 0 Å². The number of hydrogen-bond acceptors (Lipinski definition) is 0. The van der Waals surface area contributed by atoms with Gasteiger partial charge in [0.15, 0.2) is 0 Å². The first-order valence-electron chi connectivity index (χ1n) is 9.34. The maximum Gasteiger partial charge on any atom is 4.00 e. The van der Waals surface area contributed by atoms with Crippen LogP contribution in [0.2, 0.25) is 13.1 Å². The van der Waals surface area contributed by atoms with E-state index >= 15 is 0 Å². The molecular formula is C22H37Br2SiZr. The van der Waals surface area contributed by atoms with Gasteiger partial charge < -0.3 is 34.0 Å². The largest absolute Gasteiger partial charge is 4.00 e. The molecule has 1 radical (unpaired) electrons. The van der Waals surface area contributed by atoms with Crippen molar-refractivity contribution in [3.05, 3.63) is 46.6 Å². The van der Waals surface area contributed by atoms with E-state index in [1.165, 1.54) is 62.5 Å². The Morgan fingerprint density at radius 3 is 1.31 bits per heavy atom. The summed E-state index contributed by atoms with van der Waals surface area (Å²) in [5.74, 6) is 0. The predicted octanol–water partition coefficient (Wildman–Crippen LogP) is 1.04. The zero-order valence-corrected chi connectivity index (χ0v) is 24.4. The molecule has 0 fully saturated rings. The molecule has 147 valence electrons. The molecule has 0 heterocycles. The van der Waals surface area contributed by atoms with Crippen molar-refractivity contribution in [3.63, 3.8) is 0 Å². The standard InChI is InChI=1S/2C10H15.C2H7Si.2BrH.Zr/c2*1-3-4-5-10-7-6-9(2)8-10;1-3-2;;;/h2*7H,3-5,8H2,1-2H3;3H,1-2H3;2*1H;/q2*-1;;;;+4/p-2. The first-order valence-corrected chi connectivity index (χ1v) is 11.7. The van der Waals surface area contributed by atoms with Gasteiger partial charge in [-0.2, -0.15) is 11.1 Å². The zero-order valence-electron chi connectivity index (χ0n) is 17.6. The Labute approximate surface area is 206 Å². The van der Waals surface area contributed by atoms with E-state index in [1.807, 2.05) is 0 Å². The molecule has 0 aromatic heterocycles. The number of unbranched alkanes of at least 4 members (excludes halogenated alkanes) is 2. The Balaban J connectivity index is -0.000000147. The Bertz CT molecular complexity index is 397. The molecule has 0 saturated carbocycles. The topological polar surface area (TPSA) is 0 Å². The van der Waals surface area contributed by atoms with Crippen LogP contribution in [-0.2, 0) is 26.2 Å². The van der Waals surface area contributed by atoms with E-state index in [0.717, 1.165) is 9.52 Å². The first kappa shape index (κ1) is 34.5. The molecule has 2 aliphatic rings. The van der Waals surface area contributed by atoms with Crippen LogP contribution < -0.4 is 34.0 Å². The summed E-state index contributed by atoms with van der Waals surface area (Å²) in [6.07, 6.45) is 21.0. The molecule has 0 amide bonds. The molecule has 0 nitrogen and oxygen atoms in total. The van der Waals surface area contributed by atoms with Gasteiger partial charge in [-0.1, -0.05) is 92.2 Å². The zero-order chi connectivity index (χ0) is 17.5. The van der Waals surface area contributed by atoms with Crippen molar-refractivity contribution in [3.8, 4) is 0 Å². The number of halogens is 2. The van der Waals surface area contributed by atoms with Crippen LogP contribution in [0.3, 0.4) is 0 Å². The molecule has 0 aromatic rings. The monoisotopic (exact) mass is 577 g/mol. The fourth-order valence-corrected chi connectivity index (χ4v) is 2.46. The van der Waals surface area contributed by atoms with Gasteiger partial charge in [-0.05, 0) is 0 Å². The molecule has 0 unspecified atom stereocenters. The van der Waals surface area contributed by atoms with Gasteiger partial charge in [0.2, 0.25) is 0 Å². The van der Waals surface area contributed by atoms with Crippen LogP contribution in [0.15, 0.2) is 34.4 Å². The van der Waals surface area contributed by atoms with Gasteiger partial charge in [0.1, 0.15) is 0 Å². The van der Waals surface area contributed by atoms with Crippen LogP contribution in [0.5, 0.6) is 0 Å². The minimum absolute atomic E-state index is 0. The Hall–Kier alpha value is 1.02. The van der Waals surface area contributed by atoms with Crippen molar-refractivity contribution in [2.45, 2.75) is 92.2 Å². The third-order valence-corrected chi connectivity index (χ3v) is 3.73. The molecule has 0 N–H and O–H groups in total. The first-order chi connectivity index (χ1) is 11.1. The van der Waals surface area contributed by atoms with E-state index in [4.69, 9.17) is 0 Å². The number of rotatable bonds is 6. The average Bonchev–Trinajstić information content (AvgIpc) is 3.13. The molecule has 0 aliphatic heterocycles. The number of allylic oxidation sites excluding steroid dienone is 8. The van der Waals surface area contributed by atoms with E-state index in [9.17, 15) is 0 Å². The van der Waals surface area contributed by atoms with Crippen LogP contribution in [0, 0.1) is 12.2 Å². The minimum atomic E-state index is 0.